The van der Waals surface area contributed by atoms with Gasteiger partial charge in [-0.2, -0.15) is 0 Å². The van der Waals surface area contributed by atoms with Crippen LogP contribution in [0.3, 0.4) is 0 Å². The highest BCUT2D eigenvalue weighted by molar-refractivity contribution is 5.86. The van der Waals surface area contributed by atoms with Crippen LogP contribution in [0.2, 0.25) is 0 Å². The van der Waals surface area contributed by atoms with E-state index in [0.717, 1.165) is 35.3 Å². The fraction of sp³-hybridized carbons (Fsp3) is 0.353. The molecule has 4 rings (SSSR count). The summed E-state index contributed by atoms with van der Waals surface area (Å²) >= 11 is 0. The number of nitrogens with one attached hydrogen (secondary N) is 1. The van der Waals surface area contributed by atoms with E-state index in [9.17, 15) is 5.11 Å². The van der Waals surface area contributed by atoms with Gasteiger partial charge in [-0.05, 0) is 13.0 Å². The van der Waals surface area contributed by atoms with Crippen molar-refractivity contribution in [3.63, 3.8) is 0 Å². The average Bonchev–Trinajstić information content (AvgIpc) is 3.05. The second-order valence-corrected chi connectivity index (χ2v) is 6.00. The maximum atomic E-state index is 10.9. The third-order valence-corrected chi connectivity index (χ3v) is 4.80. The molecule has 3 heterocycles. The summed E-state index contributed by atoms with van der Waals surface area (Å²) in [6.07, 6.45) is 2.08. The number of aliphatic hydroxyl groups excluding tert-OH is 1. The molecule has 5 heteroatoms. The lowest BCUT2D eigenvalue weighted by Gasteiger charge is -2.32. The Kier molecular flexibility index (Phi) is 3.06. The second kappa shape index (κ2) is 4.97. The summed E-state index contributed by atoms with van der Waals surface area (Å²) in [7, 11) is 2.08. The van der Waals surface area contributed by atoms with Crippen molar-refractivity contribution in [3.8, 4) is 0 Å². The smallest absolute Gasteiger partial charge is 0.136 e. The number of imidazole rings is 1. The van der Waals surface area contributed by atoms with Crippen LogP contribution in [0.1, 0.15) is 28.9 Å². The van der Waals surface area contributed by atoms with Gasteiger partial charge in [0.05, 0.1) is 12.0 Å². The SMILES string of the molecule is Cc1[nH]cnc1CN1CCc2c(c3ccccc3n2C)[C@H]1O. The van der Waals surface area contributed by atoms with Crippen molar-refractivity contribution >= 4 is 10.9 Å². The zero-order valence-corrected chi connectivity index (χ0v) is 12.9. The first-order chi connectivity index (χ1) is 10.7. The highest BCUT2D eigenvalue weighted by Crippen LogP contribution is 2.36. The lowest BCUT2D eigenvalue weighted by Crippen LogP contribution is -2.35. The number of hydrogen-bond donors (Lipinski definition) is 2. The van der Waals surface area contributed by atoms with Crippen LogP contribution in [0.5, 0.6) is 0 Å². The minimum Gasteiger partial charge on any atom is -0.374 e. The molecule has 1 aliphatic rings. The molecule has 0 bridgehead atoms. The molecule has 0 amide bonds. The monoisotopic (exact) mass is 296 g/mol. The van der Waals surface area contributed by atoms with Crippen LogP contribution in [0.25, 0.3) is 10.9 Å². The second-order valence-electron chi connectivity index (χ2n) is 6.00. The van der Waals surface area contributed by atoms with Crippen LogP contribution in [0.4, 0.5) is 0 Å². The zero-order chi connectivity index (χ0) is 15.3. The molecule has 2 N–H and O–H groups in total. The maximum Gasteiger partial charge on any atom is 0.136 e. The molecule has 0 radical (unpaired) electrons. The van der Waals surface area contributed by atoms with Gasteiger partial charge in [-0.1, -0.05) is 18.2 Å². The van der Waals surface area contributed by atoms with Gasteiger partial charge < -0.3 is 14.7 Å². The Balaban J connectivity index is 1.75. The van der Waals surface area contributed by atoms with Crippen LogP contribution in [0.15, 0.2) is 30.6 Å². The fourth-order valence-corrected chi connectivity index (χ4v) is 3.52. The maximum absolute atomic E-state index is 10.9. The molecule has 0 saturated carbocycles. The Morgan fingerprint density at radius 2 is 2.18 bits per heavy atom. The molecule has 1 aliphatic heterocycles. The number of aromatic nitrogens is 3. The number of hydrogen-bond acceptors (Lipinski definition) is 3. The number of nitrogens with zero attached hydrogens (tertiary/aromatic N) is 3. The van der Waals surface area contributed by atoms with Crippen molar-refractivity contribution in [2.24, 2.45) is 7.05 Å². The standard InChI is InChI=1S/C17H20N4O/c1-11-13(19-10-18-11)9-21-8-7-15-16(17(21)22)12-5-3-4-6-14(12)20(15)2/h3-6,10,17,22H,7-9H2,1-2H3,(H,18,19)/t17-/m1/s1. The molecular formula is C17H20N4O. The van der Waals surface area contributed by atoms with Gasteiger partial charge >= 0.3 is 0 Å². The molecule has 114 valence electrons. The summed E-state index contributed by atoms with van der Waals surface area (Å²) in [6.45, 7) is 3.52. The van der Waals surface area contributed by atoms with E-state index in [-0.39, 0.29) is 0 Å². The highest BCUT2D eigenvalue weighted by Gasteiger charge is 2.30. The topological polar surface area (TPSA) is 57.1 Å². The molecule has 0 saturated heterocycles. The van der Waals surface area contributed by atoms with Gasteiger partial charge in [0.1, 0.15) is 6.23 Å². The Bertz CT molecular complexity index is 832. The lowest BCUT2D eigenvalue weighted by atomic mass is 10.0. The van der Waals surface area contributed by atoms with E-state index in [1.807, 2.05) is 19.1 Å². The molecule has 0 fully saturated rings. The van der Waals surface area contributed by atoms with Gasteiger partial charge in [-0.3, -0.25) is 4.90 Å². The summed E-state index contributed by atoms with van der Waals surface area (Å²) in [5, 5.41) is 12.0. The molecule has 22 heavy (non-hydrogen) atoms. The van der Waals surface area contributed by atoms with E-state index < -0.39 is 6.23 Å². The largest absolute Gasteiger partial charge is 0.374 e. The van der Waals surface area contributed by atoms with E-state index in [2.05, 4.69) is 38.6 Å². The molecule has 0 spiro atoms. The number of aliphatic hydroxyl groups is 1. The van der Waals surface area contributed by atoms with E-state index in [4.69, 9.17) is 0 Å². The number of para-hydroxylation sites is 1. The number of rotatable bonds is 2. The Morgan fingerprint density at radius 3 is 2.95 bits per heavy atom. The fourth-order valence-electron chi connectivity index (χ4n) is 3.52. The molecule has 0 unspecified atom stereocenters. The first-order valence-corrected chi connectivity index (χ1v) is 7.64. The number of H-pyrrole nitrogens is 1. The molecule has 1 aromatic carbocycles. The first-order valence-electron chi connectivity index (χ1n) is 7.64. The molecule has 0 aliphatic carbocycles. The lowest BCUT2D eigenvalue weighted by molar-refractivity contribution is -0.0125. The summed E-state index contributed by atoms with van der Waals surface area (Å²) in [6, 6.07) is 8.29. The van der Waals surface area contributed by atoms with Crippen molar-refractivity contribution in [3.05, 3.63) is 53.2 Å². The molecule has 3 aromatic rings. The zero-order valence-electron chi connectivity index (χ0n) is 12.9. The van der Waals surface area contributed by atoms with Gasteiger partial charge in [0.2, 0.25) is 0 Å². The van der Waals surface area contributed by atoms with Crippen molar-refractivity contribution in [1.82, 2.24) is 19.4 Å². The average molecular weight is 296 g/mol. The summed E-state index contributed by atoms with van der Waals surface area (Å²) in [4.78, 5) is 9.55. The Morgan fingerprint density at radius 1 is 1.36 bits per heavy atom. The van der Waals surface area contributed by atoms with Gasteiger partial charge in [0.15, 0.2) is 0 Å². The molecule has 1 atom stereocenters. The third-order valence-electron chi connectivity index (χ3n) is 4.80. The minimum absolute atomic E-state index is 0.578. The van der Waals surface area contributed by atoms with Crippen molar-refractivity contribution in [2.45, 2.75) is 26.1 Å². The quantitative estimate of drug-likeness (QED) is 0.762. The number of aromatic amines is 1. The van der Waals surface area contributed by atoms with E-state index in [1.165, 1.54) is 11.2 Å². The summed E-state index contributed by atoms with van der Waals surface area (Å²) in [5.41, 5.74) is 5.55. The number of aryl methyl sites for hydroxylation is 2. The molecular weight excluding hydrogens is 276 g/mol. The first kappa shape index (κ1) is 13.5. The summed E-state index contributed by atoms with van der Waals surface area (Å²) in [5.74, 6) is 0. The van der Waals surface area contributed by atoms with E-state index in [1.54, 1.807) is 6.33 Å². The Labute approximate surface area is 129 Å². The van der Waals surface area contributed by atoms with Gasteiger partial charge in [0, 0.05) is 54.4 Å². The van der Waals surface area contributed by atoms with Crippen molar-refractivity contribution in [2.75, 3.05) is 6.54 Å². The van der Waals surface area contributed by atoms with Crippen LogP contribution in [-0.2, 0) is 20.0 Å². The van der Waals surface area contributed by atoms with Crippen molar-refractivity contribution in [1.29, 1.82) is 0 Å². The molecule has 5 nitrogen and oxygen atoms in total. The third kappa shape index (κ3) is 1.90. The van der Waals surface area contributed by atoms with Crippen LogP contribution >= 0.6 is 0 Å². The van der Waals surface area contributed by atoms with Gasteiger partial charge in [-0.15, -0.1) is 0 Å². The minimum atomic E-state index is -0.578. The highest BCUT2D eigenvalue weighted by atomic mass is 16.3. The van der Waals surface area contributed by atoms with E-state index in [0.29, 0.717) is 6.54 Å². The normalized spacial score (nSPS) is 18.8. The van der Waals surface area contributed by atoms with E-state index >= 15 is 0 Å². The number of benzene rings is 1. The van der Waals surface area contributed by atoms with Gasteiger partial charge in [-0.25, -0.2) is 4.98 Å². The predicted molar refractivity (Wildman–Crippen MR) is 85.3 cm³/mol. The molecule has 2 aromatic heterocycles. The van der Waals surface area contributed by atoms with Crippen LogP contribution < -0.4 is 0 Å². The van der Waals surface area contributed by atoms with Gasteiger partial charge in [0.25, 0.3) is 0 Å². The van der Waals surface area contributed by atoms with Crippen LogP contribution in [-0.4, -0.2) is 31.1 Å². The van der Waals surface area contributed by atoms with Crippen molar-refractivity contribution < 1.29 is 5.11 Å². The summed E-state index contributed by atoms with van der Waals surface area (Å²) < 4.78 is 2.21. The Hall–Kier alpha value is -2.11. The predicted octanol–water partition coefficient (Wildman–Crippen LogP) is 2.26. The number of fused-ring (bicyclic) bond motifs is 3. The van der Waals surface area contributed by atoms with Crippen LogP contribution in [0, 0.1) is 6.92 Å².